The molecule has 0 saturated carbocycles. The number of aromatic nitrogens is 1. The zero-order chi connectivity index (χ0) is 20.2. The lowest BCUT2D eigenvalue weighted by molar-refractivity contribution is 0.0876. The molecule has 4 rings (SSSR count). The van der Waals surface area contributed by atoms with Crippen LogP contribution in [0, 0.1) is 0 Å². The molecule has 2 aliphatic rings. The first-order valence-corrected chi connectivity index (χ1v) is 10.3. The van der Waals surface area contributed by atoms with E-state index in [-0.39, 0.29) is 17.6 Å². The van der Waals surface area contributed by atoms with Crippen LogP contribution in [0.25, 0.3) is 11.3 Å². The summed E-state index contributed by atoms with van der Waals surface area (Å²) in [5.41, 5.74) is 1.07. The minimum absolute atomic E-state index is 0.225. The lowest BCUT2D eigenvalue weighted by atomic mass is 10.1. The number of rotatable bonds is 6. The van der Waals surface area contributed by atoms with E-state index in [0.29, 0.717) is 37.0 Å². The summed E-state index contributed by atoms with van der Waals surface area (Å²) in [7, 11) is 0. The molecule has 0 aliphatic carbocycles. The Kier molecular flexibility index (Phi) is 6.01. The maximum atomic E-state index is 12.5. The van der Waals surface area contributed by atoms with Gasteiger partial charge >= 0.3 is 0 Å². The van der Waals surface area contributed by atoms with E-state index >= 15 is 0 Å². The first kappa shape index (κ1) is 19.7. The van der Waals surface area contributed by atoms with Crippen molar-refractivity contribution >= 4 is 5.91 Å². The molecule has 1 fully saturated rings. The third-order valence-corrected chi connectivity index (χ3v) is 5.60. The number of nitrogens with zero attached hydrogens (tertiary/aromatic N) is 3. The first-order valence-electron chi connectivity index (χ1n) is 10.3. The minimum atomic E-state index is -0.225. The van der Waals surface area contributed by atoms with Crippen molar-refractivity contribution in [2.45, 2.75) is 19.9 Å². The fourth-order valence-corrected chi connectivity index (χ4v) is 3.70. The molecule has 2 aromatic rings. The highest BCUT2D eigenvalue weighted by atomic mass is 16.6. The monoisotopic (exact) mass is 400 g/mol. The van der Waals surface area contributed by atoms with Gasteiger partial charge in [-0.2, -0.15) is 0 Å². The Morgan fingerprint density at radius 3 is 2.66 bits per heavy atom. The second-order valence-corrected chi connectivity index (χ2v) is 7.46. The molecule has 1 N–H and O–H groups in total. The van der Waals surface area contributed by atoms with E-state index in [4.69, 9.17) is 14.0 Å². The fourth-order valence-electron chi connectivity index (χ4n) is 3.70. The number of benzene rings is 1. The van der Waals surface area contributed by atoms with Gasteiger partial charge in [0.15, 0.2) is 23.0 Å². The lowest BCUT2D eigenvalue weighted by Crippen LogP contribution is -2.52. The molecule has 0 radical (unpaired) electrons. The Labute approximate surface area is 170 Å². The van der Waals surface area contributed by atoms with Crippen molar-refractivity contribution in [3.05, 3.63) is 30.0 Å². The maximum Gasteiger partial charge on any atom is 0.273 e. The van der Waals surface area contributed by atoms with Crippen molar-refractivity contribution in [2.75, 3.05) is 52.5 Å². The van der Waals surface area contributed by atoms with Crippen LogP contribution in [0.4, 0.5) is 0 Å². The molecule has 156 valence electrons. The summed E-state index contributed by atoms with van der Waals surface area (Å²) in [5, 5.41) is 6.91. The Morgan fingerprint density at radius 1 is 1.14 bits per heavy atom. The molecule has 1 atom stereocenters. The quantitative estimate of drug-likeness (QED) is 0.793. The third-order valence-electron chi connectivity index (χ3n) is 5.60. The standard InChI is InChI=1S/C21H28N4O4/c1-3-24-6-8-25(9-7-24)15(2)14-22-21(26)17-13-19(29-23-17)16-4-5-18-20(12-16)28-11-10-27-18/h4-5,12-13,15H,3,6-11,14H2,1-2H3,(H,22,26)/t15-/m0/s1. The highest BCUT2D eigenvalue weighted by Crippen LogP contribution is 2.34. The van der Waals surface area contributed by atoms with Crippen molar-refractivity contribution < 1.29 is 18.8 Å². The van der Waals surface area contributed by atoms with Crippen LogP contribution in [0.1, 0.15) is 24.3 Å². The van der Waals surface area contributed by atoms with Crippen LogP contribution in [0.15, 0.2) is 28.8 Å². The van der Waals surface area contributed by atoms with Crippen molar-refractivity contribution in [3.8, 4) is 22.8 Å². The van der Waals surface area contributed by atoms with Gasteiger partial charge in [-0.3, -0.25) is 9.69 Å². The number of ether oxygens (including phenoxy) is 2. The number of piperazine rings is 1. The van der Waals surface area contributed by atoms with E-state index in [2.05, 4.69) is 34.1 Å². The highest BCUT2D eigenvalue weighted by molar-refractivity contribution is 5.93. The van der Waals surface area contributed by atoms with Crippen LogP contribution in [0.2, 0.25) is 0 Å². The predicted molar refractivity (Wildman–Crippen MR) is 108 cm³/mol. The SMILES string of the molecule is CCN1CCN([C@@H](C)CNC(=O)c2cc(-c3ccc4c(c3)OCCO4)on2)CC1. The van der Waals surface area contributed by atoms with E-state index in [9.17, 15) is 4.79 Å². The smallest absolute Gasteiger partial charge is 0.273 e. The Bertz CT molecular complexity index is 845. The van der Waals surface area contributed by atoms with E-state index in [1.54, 1.807) is 6.07 Å². The summed E-state index contributed by atoms with van der Waals surface area (Å²) in [4.78, 5) is 17.4. The summed E-state index contributed by atoms with van der Waals surface area (Å²) in [5.74, 6) is 1.69. The van der Waals surface area contributed by atoms with Crippen LogP contribution in [0.3, 0.4) is 0 Å². The summed E-state index contributed by atoms with van der Waals surface area (Å²) >= 11 is 0. The van der Waals surface area contributed by atoms with Crippen molar-refractivity contribution in [3.63, 3.8) is 0 Å². The van der Waals surface area contributed by atoms with Gasteiger partial charge in [0.05, 0.1) is 0 Å². The van der Waals surface area contributed by atoms with Gasteiger partial charge in [-0.25, -0.2) is 0 Å². The van der Waals surface area contributed by atoms with Gasteiger partial charge in [-0.05, 0) is 31.7 Å². The highest BCUT2D eigenvalue weighted by Gasteiger charge is 2.22. The van der Waals surface area contributed by atoms with Gasteiger partial charge in [0.1, 0.15) is 13.2 Å². The van der Waals surface area contributed by atoms with Crippen molar-refractivity contribution in [1.29, 1.82) is 0 Å². The van der Waals surface area contributed by atoms with Gasteiger partial charge in [0.25, 0.3) is 5.91 Å². The van der Waals surface area contributed by atoms with Crippen LogP contribution >= 0.6 is 0 Å². The number of nitrogens with one attached hydrogen (secondary N) is 1. The van der Waals surface area contributed by atoms with Gasteiger partial charge in [-0.15, -0.1) is 0 Å². The Hall–Kier alpha value is -2.58. The number of fused-ring (bicyclic) bond motifs is 1. The summed E-state index contributed by atoms with van der Waals surface area (Å²) in [6.07, 6.45) is 0. The maximum absolute atomic E-state index is 12.5. The summed E-state index contributed by atoms with van der Waals surface area (Å²) < 4.78 is 16.5. The van der Waals surface area contributed by atoms with Gasteiger partial charge in [-0.1, -0.05) is 12.1 Å². The first-order chi connectivity index (χ1) is 14.1. The largest absolute Gasteiger partial charge is 0.486 e. The molecule has 0 bridgehead atoms. The lowest BCUT2D eigenvalue weighted by Gasteiger charge is -2.37. The zero-order valence-corrected chi connectivity index (χ0v) is 17.0. The zero-order valence-electron chi connectivity index (χ0n) is 17.0. The Morgan fingerprint density at radius 2 is 1.90 bits per heavy atom. The number of carbonyl (C=O) groups excluding carboxylic acids is 1. The van der Waals surface area contributed by atoms with Crippen LogP contribution in [-0.4, -0.2) is 79.4 Å². The minimum Gasteiger partial charge on any atom is -0.486 e. The Balaban J connectivity index is 1.33. The number of hydrogen-bond donors (Lipinski definition) is 1. The molecule has 0 unspecified atom stereocenters. The van der Waals surface area contributed by atoms with E-state index < -0.39 is 0 Å². The molecule has 1 aromatic carbocycles. The second kappa shape index (κ2) is 8.84. The van der Waals surface area contributed by atoms with Crippen LogP contribution < -0.4 is 14.8 Å². The second-order valence-electron chi connectivity index (χ2n) is 7.46. The molecule has 1 amide bonds. The molecule has 0 spiro atoms. The van der Waals surface area contributed by atoms with Crippen molar-refractivity contribution in [1.82, 2.24) is 20.3 Å². The number of hydrogen-bond acceptors (Lipinski definition) is 7. The van der Waals surface area contributed by atoms with Crippen molar-refractivity contribution in [2.24, 2.45) is 0 Å². The van der Waals surface area contributed by atoms with Gasteiger partial charge < -0.3 is 24.2 Å². The average Bonchev–Trinajstić information content (AvgIpc) is 3.27. The summed E-state index contributed by atoms with van der Waals surface area (Å²) in [6, 6.07) is 7.49. The number of amides is 1. The molecule has 29 heavy (non-hydrogen) atoms. The normalized spacial score (nSPS) is 18.4. The van der Waals surface area contributed by atoms with Crippen LogP contribution in [-0.2, 0) is 0 Å². The average molecular weight is 400 g/mol. The van der Waals surface area contributed by atoms with Gasteiger partial charge in [0, 0.05) is 50.4 Å². The molecule has 1 aromatic heterocycles. The van der Waals surface area contributed by atoms with E-state index in [1.165, 1.54) is 0 Å². The fraction of sp³-hybridized carbons (Fsp3) is 0.524. The van der Waals surface area contributed by atoms with Gasteiger partial charge in [0.2, 0.25) is 0 Å². The van der Waals surface area contributed by atoms with E-state index in [0.717, 1.165) is 38.3 Å². The molecule has 2 aliphatic heterocycles. The molecular weight excluding hydrogens is 372 g/mol. The molecule has 8 nitrogen and oxygen atoms in total. The summed E-state index contributed by atoms with van der Waals surface area (Å²) in [6.45, 7) is 11.3. The van der Waals surface area contributed by atoms with E-state index in [1.807, 2.05) is 18.2 Å². The topological polar surface area (TPSA) is 80.1 Å². The third kappa shape index (κ3) is 4.54. The molecular formula is C21H28N4O4. The molecule has 1 saturated heterocycles. The number of carbonyl (C=O) groups is 1. The van der Waals surface area contributed by atoms with Crippen LogP contribution in [0.5, 0.6) is 11.5 Å². The predicted octanol–water partition coefficient (Wildman–Crippen LogP) is 1.87. The molecule has 8 heteroatoms. The molecule has 3 heterocycles. The number of likely N-dealkylation sites (N-methyl/N-ethyl adjacent to an activating group) is 1.